The average molecular weight is 373 g/mol. The average Bonchev–Trinajstić information content (AvgIpc) is 3.33. The third-order valence-electron chi connectivity index (χ3n) is 4.09. The van der Waals surface area contributed by atoms with Gasteiger partial charge < -0.3 is 14.1 Å². The third kappa shape index (κ3) is 3.41. The first-order chi connectivity index (χ1) is 12.2. The van der Waals surface area contributed by atoms with Gasteiger partial charge in [-0.15, -0.1) is 5.10 Å². The molecular formula is C17H15N3O3S2. The number of ether oxygens (including phenoxy) is 1. The molecule has 0 radical (unpaired) electrons. The zero-order valence-electron chi connectivity index (χ0n) is 13.2. The normalized spacial score (nSPS) is 17.6. The number of hydrogen-bond acceptors (Lipinski definition) is 6. The number of amides is 1. The van der Waals surface area contributed by atoms with E-state index in [4.69, 9.17) is 21.4 Å². The number of hydrogen-bond donors (Lipinski definition) is 1. The molecule has 6 nitrogen and oxygen atoms in total. The van der Waals surface area contributed by atoms with Crippen molar-refractivity contribution in [2.24, 2.45) is 0 Å². The summed E-state index contributed by atoms with van der Waals surface area (Å²) in [6.45, 7) is 1.69. The highest BCUT2D eigenvalue weighted by atomic mass is 32.1. The zero-order valence-corrected chi connectivity index (χ0v) is 14.8. The van der Waals surface area contributed by atoms with Crippen LogP contribution in [0.1, 0.15) is 22.0 Å². The van der Waals surface area contributed by atoms with E-state index >= 15 is 0 Å². The van der Waals surface area contributed by atoms with Crippen molar-refractivity contribution >= 4 is 29.5 Å². The molecular weight excluding hydrogens is 358 g/mol. The van der Waals surface area contributed by atoms with Crippen LogP contribution in [0.25, 0.3) is 11.5 Å². The summed E-state index contributed by atoms with van der Waals surface area (Å²) in [7, 11) is 0. The number of benzene rings is 1. The Bertz CT molecular complexity index is 915. The van der Waals surface area contributed by atoms with Gasteiger partial charge in [-0.2, -0.15) is 11.3 Å². The number of carbonyl (C=O) groups is 1. The number of aromatic amines is 1. The standard InChI is InChI=1S/C17H15N3O3S2/c21-16(20-6-7-22-14(9-20)13-5-8-25-10-13)12-3-1-11(2-4-12)15-18-19-17(24)23-15/h1-5,8,10,14H,6-7,9H2,(H,19,24)/t14-/m0/s1. The van der Waals surface area contributed by atoms with Crippen LogP contribution in [0.4, 0.5) is 0 Å². The number of aromatic nitrogens is 2. The monoisotopic (exact) mass is 373 g/mol. The summed E-state index contributed by atoms with van der Waals surface area (Å²) in [5, 5.41) is 10.7. The van der Waals surface area contributed by atoms with E-state index in [1.165, 1.54) is 0 Å². The molecule has 128 valence electrons. The molecule has 1 atom stereocenters. The molecule has 8 heteroatoms. The minimum absolute atomic E-state index is 0.00185. The lowest BCUT2D eigenvalue weighted by atomic mass is 10.1. The fourth-order valence-corrected chi connectivity index (χ4v) is 3.61. The number of thiophene rings is 1. The van der Waals surface area contributed by atoms with Gasteiger partial charge >= 0.3 is 0 Å². The summed E-state index contributed by atoms with van der Waals surface area (Å²) in [4.78, 5) is 14.8. The van der Waals surface area contributed by atoms with E-state index in [-0.39, 0.29) is 16.8 Å². The van der Waals surface area contributed by atoms with E-state index < -0.39 is 0 Å². The molecule has 1 N–H and O–H groups in total. The van der Waals surface area contributed by atoms with Crippen LogP contribution in [0.5, 0.6) is 0 Å². The van der Waals surface area contributed by atoms with Gasteiger partial charge in [-0.25, -0.2) is 5.10 Å². The summed E-state index contributed by atoms with van der Waals surface area (Å²) in [5.74, 6) is 0.408. The molecule has 0 bridgehead atoms. The lowest BCUT2D eigenvalue weighted by Gasteiger charge is -2.32. The molecule has 3 heterocycles. The van der Waals surface area contributed by atoms with Gasteiger partial charge in [0.15, 0.2) is 0 Å². The van der Waals surface area contributed by atoms with Crippen molar-refractivity contribution < 1.29 is 13.9 Å². The van der Waals surface area contributed by atoms with Crippen LogP contribution in [0, 0.1) is 4.84 Å². The van der Waals surface area contributed by atoms with Crippen LogP contribution in [-0.4, -0.2) is 40.7 Å². The summed E-state index contributed by atoms with van der Waals surface area (Å²) >= 11 is 6.51. The first kappa shape index (κ1) is 16.2. The summed E-state index contributed by atoms with van der Waals surface area (Å²) < 4.78 is 11.1. The number of carbonyl (C=O) groups excluding carboxylic acids is 1. The predicted molar refractivity (Wildman–Crippen MR) is 96.0 cm³/mol. The molecule has 0 aliphatic carbocycles. The van der Waals surface area contributed by atoms with E-state index in [9.17, 15) is 4.79 Å². The van der Waals surface area contributed by atoms with Gasteiger partial charge in [-0.3, -0.25) is 4.79 Å². The fraction of sp³-hybridized carbons (Fsp3) is 0.235. The van der Waals surface area contributed by atoms with Gasteiger partial charge in [-0.1, -0.05) is 0 Å². The van der Waals surface area contributed by atoms with Gasteiger partial charge in [0, 0.05) is 17.7 Å². The van der Waals surface area contributed by atoms with E-state index in [1.807, 2.05) is 16.3 Å². The number of nitrogens with zero attached hydrogens (tertiary/aromatic N) is 2. The number of nitrogens with one attached hydrogen (secondary N) is 1. The second-order valence-electron chi connectivity index (χ2n) is 5.66. The van der Waals surface area contributed by atoms with Gasteiger partial charge in [0.1, 0.15) is 6.10 Å². The SMILES string of the molecule is O=C(c1ccc(-c2n[nH]c(=S)o2)cc1)N1CCO[C@H](c2ccsc2)C1. The zero-order chi connectivity index (χ0) is 17.2. The molecule has 1 fully saturated rings. The van der Waals surface area contributed by atoms with E-state index in [0.717, 1.165) is 11.1 Å². The van der Waals surface area contributed by atoms with Crippen molar-refractivity contribution in [2.45, 2.75) is 6.10 Å². The first-order valence-corrected chi connectivity index (χ1v) is 9.15. The van der Waals surface area contributed by atoms with Crippen LogP contribution < -0.4 is 0 Å². The van der Waals surface area contributed by atoms with Crippen LogP contribution in [0.3, 0.4) is 0 Å². The fourth-order valence-electron chi connectivity index (χ4n) is 2.78. The van der Waals surface area contributed by atoms with Crippen molar-refractivity contribution in [1.82, 2.24) is 15.1 Å². The van der Waals surface area contributed by atoms with Gasteiger partial charge in [-0.05, 0) is 58.9 Å². The topological polar surface area (TPSA) is 71.4 Å². The molecule has 0 spiro atoms. The molecule has 1 amide bonds. The minimum Gasteiger partial charge on any atom is -0.409 e. The Balaban J connectivity index is 1.49. The Labute approximate surface area is 153 Å². The molecule has 2 aromatic heterocycles. The van der Waals surface area contributed by atoms with E-state index in [0.29, 0.717) is 31.2 Å². The Morgan fingerprint density at radius 2 is 2.16 bits per heavy atom. The predicted octanol–water partition coefficient (Wildman–Crippen LogP) is 3.67. The van der Waals surface area contributed by atoms with Gasteiger partial charge in [0.2, 0.25) is 5.89 Å². The smallest absolute Gasteiger partial charge is 0.284 e. The molecule has 1 aliphatic heterocycles. The number of morpholine rings is 1. The van der Waals surface area contributed by atoms with Crippen molar-refractivity contribution in [3.8, 4) is 11.5 Å². The second kappa shape index (κ2) is 6.91. The van der Waals surface area contributed by atoms with Gasteiger partial charge in [0.05, 0.1) is 13.2 Å². The highest BCUT2D eigenvalue weighted by molar-refractivity contribution is 7.71. The molecule has 1 aromatic carbocycles. The summed E-state index contributed by atoms with van der Waals surface area (Å²) in [6.07, 6.45) is -0.0587. The molecule has 0 saturated carbocycles. The summed E-state index contributed by atoms with van der Waals surface area (Å²) in [6, 6.07) is 9.20. The molecule has 1 saturated heterocycles. The molecule has 1 aliphatic rings. The lowest BCUT2D eigenvalue weighted by molar-refractivity contribution is -0.0226. The van der Waals surface area contributed by atoms with Gasteiger partial charge in [0.25, 0.3) is 10.7 Å². The Morgan fingerprint density at radius 1 is 1.32 bits per heavy atom. The Hall–Kier alpha value is -2.29. The maximum absolute atomic E-state index is 12.8. The maximum Gasteiger partial charge on any atom is 0.284 e. The van der Waals surface area contributed by atoms with Crippen LogP contribution in [0.15, 0.2) is 45.5 Å². The van der Waals surface area contributed by atoms with E-state index in [1.54, 1.807) is 35.6 Å². The minimum atomic E-state index is -0.0587. The Morgan fingerprint density at radius 3 is 2.84 bits per heavy atom. The quantitative estimate of drug-likeness (QED) is 0.709. The van der Waals surface area contributed by atoms with E-state index in [2.05, 4.69) is 15.6 Å². The first-order valence-electron chi connectivity index (χ1n) is 7.79. The second-order valence-corrected chi connectivity index (χ2v) is 6.81. The molecule has 3 aromatic rings. The Kier molecular flexibility index (Phi) is 4.48. The number of H-pyrrole nitrogens is 1. The van der Waals surface area contributed by atoms with Crippen LogP contribution >= 0.6 is 23.6 Å². The van der Waals surface area contributed by atoms with Crippen molar-refractivity contribution in [3.05, 3.63) is 57.1 Å². The van der Waals surface area contributed by atoms with Crippen molar-refractivity contribution in [2.75, 3.05) is 19.7 Å². The molecule has 25 heavy (non-hydrogen) atoms. The van der Waals surface area contributed by atoms with Crippen molar-refractivity contribution in [1.29, 1.82) is 0 Å². The molecule has 0 unspecified atom stereocenters. The van der Waals surface area contributed by atoms with Crippen LogP contribution in [-0.2, 0) is 4.74 Å². The van der Waals surface area contributed by atoms with Crippen molar-refractivity contribution in [3.63, 3.8) is 0 Å². The lowest BCUT2D eigenvalue weighted by Crippen LogP contribution is -2.42. The summed E-state index contributed by atoms with van der Waals surface area (Å²) in [5.41, 5.74) is 2.52. The third-order valence-corrected chi connectivity index (χ3v) is 4.96. The largest absolute Gasteiger partial charge is 0.409 e. The molecule has 4 rings (SSSR count). The number of rotatable bonds is 3. The maximum atomic E-state index is 12.8. The highest BCUT2D eigenvalue weighted by Crippen LogP contribution is 2.25. The van der Waals surface area contributed by atoms with Crippen LogP contribution in [0.2, 0.25) is 0 Å². The highest BCUT2D eigenvalue weighted by Gasteiger charge is 2.26.